The molecular formula is C23H27N3O4S. The molecule has 0 spiro atoms. The van der Waals surface area contributed by atoms with Crippen molar-refractivity contribution in [2.24, 2.45) is 5.92 Å². The average Bonchev–Trinajstić information content (AvgIpc) is 2.80. The molecule has 2 aromatic rings. The van der Waals surface area contributed by atoms with Gasteiger partial charge in [0.25, 0.3) is 0 Å². The van der Waals surface area contributed by atoms with Crippen molar-refractivity contribution < 1.29 is 17.9 Å². The lowest BCUT2D eigenvalue weighted by Crippen LogP contribution is -2.41. The number of carbonyl (C=O) groups excluding carboxylic acids is 1. The zero-order valence-corrected chi connectivity index (χ0v) is 18.4. The van der Waals surface area contributed by atoms with Crippen LogP contribution in [0.15, 0.2) is 53.4 Å². The number of nitriles is 1. The number of sulfonamides is 1. The highest BCUT2D eigenvalue weighted by Gasteiger charge is 2.33. The lowest BCUT2D eigenvalue weighted by atomic mass is 9.97. The minimum atomic E-state index is -3.77. The third-order valence-corrected chi connectivity index (χ3v) is 7.31. The van der Waals surface area contributed by atoms with Crippen LogP contribution in [0.2, 0.25) is 0 Å². The molecule has 1 N–H and O–H groups in total. The first-order chi connectivity index (χ1) is 15.0. The second-order valence-electron chi connectivity index (χ2n) is 7.47. The van der Waals surface area contributed by atoms with E-state index < -0.39 is 10.0 Å². The Labute approximate surface area is 183 Å². The standard InChI is InChI=1S/C23H27N3O4S/c1-2-3-16-30-21-10-6-5-9-20(21)25-23(27)18-12-14-26(15-13-18)31(28,29)22-11-7-4-8-19(22)17-24/h4-11,18H,2-3,12-16H2,1H3,(H,25,27). The van der Waals surface area contributed by atoms with E-state index in [0.29, 0.717) is 30.9 Å². The number of amides is 1. The molecule has 0 aliphatic carbocycles. The van der Waals surface area contributed by atoms with E-state index in [1.54, 1.807) is 18.2 Å². The summed E-state index contributed by atoms with van der Waals surface area (Å²) in [7, 11) is -3.77. The van der Waals surface area contributed by atoms with Gasteiger partial charge >= 0.3 is 0 Å². The van der Waals surface area contributed by atoms with Gasteiger partial charge in [-0.05, 0) is 43.5 Å². The van der Waals surface area contributed by atoms with Crippen LogP contribution in [0.3, 0.4) is 0 Å². The summed E-state index contributed by atoms with van der Waals surface area (Å²) in [6.07, 6.45) is 2.79. The van der Waals surface area contributed by atoms with Gasteiger partial charge in [-0.3, -0.25) is 4.79 Å². The summed E-state index contributed by atoms with van der Waals surface area (Å²) in [5.74, 6) is 0.208. The predicted octanol–water partition coefficient (Wildman–Crippen LogP) is 3.78. The second-order valence-corrected chi connectivity index (χ2v) is 9.38. The maximum atomic E-state index is 13.0. The van der Waals surface area contributed by atoms with Crippen molar-refractivity contribution >= 4 is 21.6 Å². The normalized spacial score (nSPS) is 15.2. The van der Waals surface area contributed by atoms with Gasteiger partial charge in [0.1, 0.15) is 11.8 Å². The first-order valence-electron chi connectivity index (χ1n) is 10.5. The van der Waals surface area contributed by atoms with Crippen molar-refractivity contribution in [2.45, 2.75) is 37.5 Å². The van der Waals surface area contributed by atoms with E-state index in [1.807, 2.05) is 24.3 Å². The first kappa shape index (κ1) is 22.8. The number of unbranched alkanes of at least 4 members (excludes halogenated alkanes) is 1. The number of benzene rings is 2. The number of anilines is 1. The van der Waals surface area contributed by atoms with Gasteiger partial charge < -0.3 is 10.1 Å². The molecule has 0 atom stereocenters. The molecule has 1 heterocycles. The Morgan fingerprint density at radius 2 is 1.84 bits per heavy atom. The topological polar surface area (TPSA) is 99.5 Å². The van der Waals surface area contributed by atoms with Gasteiger partial charge in [-0.15, -0.1) is 0 Å². The molecule has 0 unspecified atom stereocenters. The molecule has 1 saturated heterocycles. The Hall–Kier alpha value is -2.89. The number of carbonyl (C=O) groups is 1. The predicted molar refractivity (Wildman–Crippen MR) is 118 cm³/mol. The highest BCUT2D eigenvalue weighted by molar-refractivity contribution is 7.89. The molecule has 0 radical (unpaired) electrons. The number of hydrogen-bond donors (Lipinski definition) is 1. The van der Waals surface area contributed by atoms with E-state index in [1.165, 1.54) is 16.4 Å². The summed E-state index contributed by atoms with van der Waals surface area (Å²) in [6, 6.07) is 15.4. The van der Waals surface area contributed by atoms with E-state index in [0.717, 1.165) is 12.8 Å². The van der Waals surface area contributed by atoms with Crippen LogP contribution in [0.5, 0.6) is 5.75 Å². The smallest absolute Gasteiger partial charge is 0.244 e. The fourth-order valence-corrected chi connectivity index (χ4v) is 5.15. The van der Waals surface area contributed by atoms with E-state index >= 15 is 0 Å². The summed E-state index contributed by atoms with van der Waals surface area (Å²) in [5, 5.41) is 12.2. The molecular weight excluding hydrogens is 414 g/mol. The van der Waals surface area contributed by atoms with E-state index in [-0.39, 0.29) is 35.4 Å². The molecule has 1 aliphatic heterocycles. The van der Waals surface area contributed by atoms with Crippen LogP contribution in [0.1, 0.15) is 38.2 Å². The molecule has 0 bridgehead atoms. The second kappa shape index (κ2) is 10.4. The fraction of sp³-hybridized carbons (Fsp3) is 0.391. The number of nitrogens with zero attached hydrogens (tertiary/aromatic N) is 2. The van der Waals surface area contributed by atoms with Gasteiger partial charge in [-0.1, -0.05) is 37.6 Å². The number of hydrogen-bond acceptors (Lipinski definition) is 5. The number of nitrogens with one attached hydrogen (secondary N) is 1. The molecule has 1 fully saturated rings. The molecule has 7 nitrogen and oxygen atoms in total. The summed E-state index contributed by atoms with van der Waals surface area (Å²) in [4.78, 5) is 12.8. The lowest BCUT2D eigenvalue weighted by Gasteiger charge is -2.30. The van der Waals surface area contributed by atoms with E-state index in [2.05, 4.69) is 12.2 Å². The average molecular weight is 442 g/mol. The third kappa shape index (κ3) is 5.43. The van der Waals surface area contributed by atoms with Crippen molar-refractivity contribution in [3.63, 3.8) is 0 Å². The number of piperidine rings is 1. The SMILES string of the molecule is CCCCOc1ccccc1NC(=O)C1CCN(S(=O)(=O)c2ccccc2C#N)CC1. The molecule has 164 valence electrons. The van der Waals surface area contributed by atoms with Crippen LogP contribution in [0, 0.1) is 17.2 Å². The van der Waals surface area contributed by atoms with Gasteiger partial charge in [-0.25, -0.2) is 8.42 Å². The summed E-state index contributed by atoms with van der Waals surface area (Å²) < 4.78 is 33.0. The molecule has 31 heavy (non-hydrogen) atoms. The molecule has 0 aromatic heterocycles. The monoisotopic (exact) mass is 441 g/mol. The zero-order chi connectivity index (χ0) is 22.3. The van der Waals surface area contributed by atoms with Crippen LogP contribution in [0.25, 0.3) is 0 Å². The molecule has 2 aromatic carbocycles. The van der Waals surface area contributed by atoms with Crippen LogP contribution >= 0.6 is 0 Å². The van der Waals surface area contributed by atoms with E-state index in [4.69, 9.17) is 4.74 Å². The number of ether oxygens (including phenoxy) is 1. The van der Waals surface area contributed by atoms with Crippen LogP contribution in [0.4, 0.5) is 5.69 Å². The van der Waals surface area contributed by atoms with Crippen molar-refractivity contribution in [3.8, 4) is 11.8 Å². The van der Waals surface area contributed by atoms with E-state index in [9.17, 15) is 18.5 Å². The third-order valence-electron chi connectivity index (χ3n) is 5.35. The fourth-order valence-electron chi connectivity index (χ4n) is 3.54. The maximum absolute atomic E-state index is 13.0. The molecule has 8 heteroatoms. The lowest BCUT2D eigenvalue weighted by molar-refractivity contribution is -0.120. The van der Waals surface area contributed by atoms with Crippen LogP contribution in [-0.4, -0.2) is 38.3 Å². The van der Waals surface area contributed by atoms with Crippen molar-refractivity contribution in [2.75, 3.05) is 25.0 Å². The molecule has 1 aliphatic rings. The van der Waals surface area contributed by atoms with Crippen molar-refractivity contribution in [3.05, 3.63) is 54.1 Å². The first-order valence-corrected chi connectivity index (χ1v) is 11.9. The number of rotatable bonds is 8. The van der Waals surface area contributed by atoms with Crippen LogP contribution < -0.4 is 10.1 Å². The van der Waals surface area contributed by atoms with Gasteiger partial charge in [0.15, 0.2) is 0 Å². The molecule has 1 amide bonds. The zero-order valence-electron chi connectivity index (χ0n) is 17.6. The Balaban J connectivity index is 1.63. The quantitative estimate of drug-likeness (QED) is 0.629. The van der Waals surface area contributed by atoms with Gasteiger partial charge in [0, 0.05) is 19.0 Å². The largest absolute Gasteiger partial charge is 0.491 e. The highest BCUT2D eigenvalue weighted by Crippen LogP contribution is 2.28. The van der Waals surface area contributed by atoms with Gasteiger partial charge in [0.2, 0.25) is 15.9 Å². The summed E-state index contributed by atoms with van der Waals surface area (Å²) in [6.45, 7) is 3.13. The maximum Gasteiger partial charge on any atom is 0.244 e. The Bertz CT molecular complexity index is 1050. The number of para-hydroxylation sites is 2. The Morgan fingerprint density at radius 3 is 2.55 bits per heavy atom. The minimum Gasteiger partial charge on any atom is -0.491 e. The van der Waals surface area contributed by atoms with Gasteiger partial charge in [0.05, 0.1) is 22.8 Å². The highest BCUT2D eigenvalue weighted by atomic mass is 32.2. The van der Waals surface area contributed by atoms with Crippen molar-refractivity contribution in [1.29, 1.82) is 5.26 Å². The molecule has 3 rings (SSSR count). The van der Waals surface area contributed by atoms with Gasteiger partial charge in [-0.2, -0.15) is 9.57 Å². The minimum absolute atomic E-state index is 0.0126. The summed E-state index contributed by atoms with van der Waals surface area (Å²) >= 11 is 0. The molecule has 0 saturated carbocycles. The Kier molecular flexibility index (Phi) is 7.66. The summed E-state index contributed by atoms with van der Waals surface area (Å²) in [5.41, 5.74) is 0.753. The van der Waals surface area contributed by atoms with Crippen molar-refractivity contribution in [1.82, 2.24) is 4.31 Å². The van der Waals surface area contributed by atoms with Crippen LogP contribution in [-0.2, 0) is 14.8 Å². The Morgan fingerprint density at radius 1 is 1.16 bits per heavy atom.